The molecule has 2 nitrogen and oxygen atoms in total. The van der Waals surface area contributed by atoms with Crippen LogP contribution in [0.2, 0.25) is 0 Å². The van der Waals surface area contributed by atoms with E-state index in [0.29, 0.717) is 18.0 Å². The van der Waals surface area contributed by atoms with E-state index in [1.165, 1.54) is 0 Å². The van der Waals surface area contributed by atoms with Gasteiger partial charge in [0.05, 0.1) is 0 Å². The Morgan fingerprint density at radius 1 is 1.14 bits per heavy atom. The summed E-state index contributed by atoms with van der Waals surface area (Å²) >= 11 is 3.46. The van der Waals surface area contributed by atoms with E-state index in [4.69, 9.17) is 0 Å². The summed E-state index contributed by atoms with van der Waals surface area (Å²) in [5.74, 6) is 0.425. The Bertz CT molecular complexity index is 658. The van der Waals surface area contributed by atoms with Crippen LogP contribution in [-0.2, 0) is 0 Å². The number of fused-ring (bicyclic) bond motifs is 1. The van der Waals surface area contributed by atoms with Gasteiger partial charge in [-0.25, -0.2) is 0 Å². The molecule has 2 aromatic rings. The molecule has 0 aliphatic rings. The maximum absolute atomic E-state index is 12.3. The highest BCUT2D eigenvalue weighted by atomic mass is 79.9. The van der Waals surface area contributed by atoms with Crippen LogP contribution in [0.4, 0.5) is 0 Å². The van der Waals surface area contributed by atoms with Crippen molar-refractivity contribution in [2.24, 2.45) is 11.3 Å². The standard InChI is InChI=1S/C18H22BrNO/c1-12(18(2,3)4)11-20-17(21)15-6-5-14-10-16(19)8-7-13(14)9-15/h5-10,12H,11H2,1-4H3,(H,20,21). The molecule has 0 aromatic heterocycles. The topological polar surface area (TPSA) is 29.1 Å². The molecule has 21 heavy (non-hydrogen) atoms. The van der Waals surface area contributed by atoms with Crippen LogP contribution in [0.15, 0.2) is 40.9 Å². The predicted octanol–water partition coefficient (Wildman–Crippen LogP) is 5.01. The molecule has 1 atom stereocenters. The summed E-state index contributed by atoms with van der Waals surface area (Å²) in [6.45, 7) is 9.44. The van der Waals surface area contributed by atoms with Gasteiger partial charge in [-0.05, 0) is 46.4 Å². The largest absolute Gasteiger partial charge is 0.352 e. The molecule has 0 aliphatic carbocycles. The third kappa shape index (κ3) is 4.07. The average Bonchev–Trinajstić information content (AvgIpc) is 2.42. The number of hydrogen-bond acceptors (Lipinski definition) is 1. The molecule has 2 rings (SSSR count). The molecule has 1 unspecified atom stereocenters. The number of carbonyl (C=O) groups is 1. The minimum absolute atomic E-state index is 0.00378. The summed E-state index contributed by atoms with van der Waals surface area (Å²) in [5, 5.41) is 5.24. The third-order valence-electron chi connectivity index (χ3n) is 4.11. The van der Waals surface area contributed by atoms with Crippen molar-refractivity contribution in [3.8, 4) is 0 Å². The lowest BCUT2D eigenvalue weighted by molar-refractivity contribution is 0.0937. The summed E-state index contributed by atoms with van der Waals surface area (Å²) < 4.78 is 1.05. The molecule has 0 fully saturated rings. The van der Waals surface area contributed by atoms with Crippen LogP contribution in [0.5, 0.6) is 0 Å². The number of amides is 1. The van der Waals surface area contributed by atoms with Crippen LogP contribution < -0.4 is 5.32 Å². The van der Waals surface area contributed by atoms with E-state index in [2.05, 4.69) is 55.0 Å². The molecule has 0 bridgehead atoms. The highest BCUT2D eigenvalue weighted by Crippen LogP contribution is 2.25. The minimum Gasteiger partial charge on any atom is -0.352 e. The van der Waals surface area contributed by atoms with Gasteiger partial charge in [-0.3, -0.25) is 4.79 Å². The summed E-state index contributed by atoms with van der Waals surface area (Å²) in [4.78, 5) is 12.3. The first-order valence-corrected chi connectivity index (χ1v) is 8.04. The Kier molecular flexibility index (Phi) is 4.72. The maximum atomic E-state index is 12.3. The van der Waals surface area contributed by atoms with Crippen molar-refractivity contribution in [1.82, 2.24) is 5.32 Å². The van der Waals surface area contributed by atoms with Gasteiger partial charge in [-0.1, -0.05) is 55.8 Å². The van der Waals surface area contributed by atoms with Crippen LogP contribution in [0.25, 0.3) is 10.8 Å². The molecule has 1 amide bonds. The Balaban J connectivity index is 2.11. The van der Waals surface area contributed by atoms with E-state index in [1.807, 2.05) is 30.3 Å². The van der Waals surface area contributed by atoms with Gasteiger partial charge in [0.25, 0.3) is 5.91 Å². The molecule has 0 radical (unpaired) electrons. The van der Waals surface area contributed by atoms with Crippen molar-refractivity contribution < 1.29 is 4.79 Å². The quantitative estimate of drug-likeness (QED) is 0.830. The Labute approximate surface area is 135 Å². The Morgan fingerprint density at radius 3 is 2.43 bits per heavy atom. The first kappa shape index (κ1) is 16.0. The van der Waals surface area contributed by atoms with E-state index in [0.717, 1.165) is 15.2 Å². The lowest BCUT2D eigenvalue weighted by Crippen LogP contribution is -2.33. The van der Waals surface area contributed by atoms with Crippen molar-refractivity contribution in [1.29, 1.82) is 0 Å². The normalized spacial score (nSPS) is 13.2. The van der Waals surface area contributed by atoms with Crippen LogP contribution in [0.3, 0.4) is 0 Å². The first-order valence-electron chi connectivity index (χ1n) is 7.25. The smallest absolute Gasteiger partial charge is 0.251 e. The second-order valence-electron chi connectivity index (χ2n) is 6.68. The second kappa shape index (κ2) is 6.18. The third-order valence-corrected chi connectivity index (χ3v) is 4.60. The van der Waals surface area contributed by atoms with Crippen molar-refractivity contribution >= 4 is 32.6 Å². The predicted molar refractivity (Wildman–Crippen MR) is 92.6 cm³/mol. The molecular weight excluding hydrogens is 326 g/mol. The molecule has 0 saturated carbocycles. The molecule has 1 N–H and O–H groups in total. The Hall–Kier alpha value is -1.35. The number of hydrogen-bond donors (Lipinski definition) is 1. The van der Waals surface area contributed by atoms with E-state index in [1.54, 1.807) is 0 Å². The van der Waals surface area contributed by atoms with Gasteiger partial charge in [0.15, 0.2) is 0 Å². The van der Waals surface area contributed by atoms with E-state index >= 15 is 0 Å². The molecule has 0 heterocycles. The maximum Gasteiger partial charge on any atom is 0.251 e. The van der Waals surface area contributed by atoms with Crippen LogP contribution >= 0.6 is 15.9 Å². The van der Waals surface area contributed by atoms with Gasteiger partial charge in [-0.2, -0.15) is 0 Å². The fourth-order valence-corrected chi connectivity index (χ4v) is 2.39. The number of nitrogens with one attached hydrogen (secondary N) is 1. The van der Waals surface area contributed by atoms with E-state index in [-0.39, 0.29) is 11.3 Å². The summed E-state index contributed by atoms with van der Waals surface area (Å²) in [6.07, 6.45) is 0. The van der Waals surface area contributed by atoms with Crippen LogP contribution in [0, 0.1) is 11.3 Å². The van der Waals surface area contributed by atoms with Crippen molar-refractivity contribution in [3.05, 3.63) is 46.4 Å². The minimum atomic E-state index is -0.00378. The van der Waals surface area contributed by atoms with Crippen molar-refractivity contribution in [2.45, 2.75) is 27.7 Å². The lowest BCUT2D eigenvalue weighted by Gasteiger charge is -2.27. The number of halogens is 1. The van der Waals surface area contributed by atoms with Gasteiger partial charge in [0, 0.05) is 16.6 Å². The number of benzene rings is 2. The van der Waals surface area contributed by atoms with Gasteiger partial charge in [0.2, 0.25) is 0 Å². The number of carbonyl (C=O) groups excluding carboxylic acids is 1. The number of rotatable bonds is 3. The average molecular weight is 348 g/mol. The molecule has 0 aliphatic heterocycles. The SMILES string of the molecule is CC(CNC(=O)c1ccc2cc(Br)ccc2c1)C(C)(C)C. The Morgan fingerprint density at radius 2 is 1.76 bits per heavy atom. The second-order valence-corrected chi connectivity index (χ2v) is 7.60. The molecular formula is C18H22BrNO. The summed E-state index contributed by atoms with van der Waals surface area (Å²) in [7, 11) is 0. The van der Waals surface area contributed by atoms with Gasteiger partial charge in [-0.15, -0.1) is 0 Å². The first-order chi connectivity index (χ1) is 9.77. The van der Waals surface area contributed by atoms with E-state index < -0.39 is 0 Å². The molecule has 112 valence electrons. The van der Waals surface area contributed by atoms with Crippen molar-refractivity contribution in [2.75, 3.05) is 6.54 Å². The lowest BCUT2D eigenvalue weighted by atomic mass is 9.82. The van der Waals surface area contributed by atoms with Crippen molar-refractivity contribution in [3.63, 3.8) is 0 Å². The van der Waals surface area contributed by atoms with Crippen LogP contribution in [-0.4, -0.2) is 12.5 Å². The zero-order chi connectivity index (χ0) is 15.6. The summed E-state index contributed by atoms with van der Waals surface area (Å²) in [5.41, 5.74) is 0.911. The molecule has 0 spiro atoms. The molecule has 3 heteroatoms. The van der Waals surface area contributed by atoms with E-state index in [9.17, 15) is 4.79 Å². The monoisotopic (exact) mass is 347 g/mol. The fourth-order valence-electron chi connectivity index (χ4n) is 2.01. The highest BCUT2D eigenvalue weighted by Gasteiger charge is 2.20. The molecule has 0 saturated heterocycles. The summed E-state index contributed by atoms with van der Waals surface area (Å²) in [6, 6.07) is 11.9. The highest BCUT2D eigenvalue weighted by molar-refractivity contribution is 9.10. The van der Waals surface area contributed by atoms with Crippen LogP contribution in [0.1, 0.15) is 38.1 Å². The fraction of sp³-hybridized carbons (Fsp3) is 0.389. The zero-order valence-corrected chi connectivity index (χ0v) is 14.6. The molecule has 2 aromatic carbocycles. The van der Waals surface area contributed by atoms with Gasteiger partial charge < -0.3 is 5.32 Å². The van der Waals surface area contributed by atoms with Gasteiger partial charge >= 0.3 is 0 Å². The van der Waals surface area contributed by atoms with Gasteiger partial charge in [0.1, 0.15) is 0 Å². The zero-order valence-electron chi connectivity index (χ0n) is 13.0.